The standard InChI is InChI=1S/C21H21N7O/c1-11-5-6-12(2)15(9-11)16-10-19(29)22-21-20(16)13(3)25-28(21)18-8-7-17-24-23-14(4)27(17)26-18/h5-9,16H,10H2,1-4H3,(H,22,29)/t16-/m1/s1. The number of anilines is 1. The van der Waals surface area contributed by atoms with Crippen LogP contribution in [0, 0.1) is 27.7 Å². The van der Waals surface area contributed by atoms with Crippen molar-refractivity contribution in [1.29, 1.82) is 0 Å². The number of nitrogens with one attached hydrogen (secondary N) is 1. The Hall–Kier alpha value is -3.55. The van der Waals surface area contributed by atoms with Crippen LogP contribution in [-0.4, -0.2) is 35.5 Å². The average Bonchev–Trinajstić information content (AvgIpc) is 3.23. The summed E-state index contributed by atoms with van der Waals surface area (Å²) in [5, 5.41) is 20.5. The third-order valence-corrected chi connectivity index (χ3v) is 5.53. The maximum absolute atomic E-state index is 12.6. The van der Waals surface area contributed by atoms with Crippen LogP contribution in [0.25, 0.3) is 11.5 Å². The highest BCUT2D eigenvalue weighted by atomic mass is 16.1. The van der Waals surface area contributed by atoms with E-state index in [0.29, 0.717) is 29.5 Å². The maximum atomic E-state index is 12.6. The molecule has 29 heavy (non-hydrogen) atoms. The Balaban J connectivity index is 1.70. The van der Waals surface area contributed by atoms with Gasteiger partial charge in [-0.2, -0.15) is 14.3 Å². The molecule has 4 heterocycles. The number of nitrogens with zero attached hydrogens (tertiary/aromatic N) is 6. The van der Waals surface area contributed by atoms with Crippen LogP contribution in [0.5, 0.6) is 0 Å². The molecule has 1 N–H and O–H groups in total. The van der Waals surface area contributed by atoms with Crippen LogP contribution in [0.2, 0.25) is 0 Å². The van der Waals surface area contributed by atoms with E-state index in [-0.39, 0.29) is 11.8 Å². The summed E-state index contributed by atoms with van der Waals surface area (Å²) < 4.78 is 3.38. The van der Waals surface area contributed by atoms with Crippen molar-refractivity contribution in [3.8, 4) is 5.82 Å². The molecule has 0 fully saturated rings. The lowest BCUT2D eigenvalue weighted by molar-refractivity contribution is -0.116. The lowest BCUT2D eigenvalue weighted by Gasteiger charge is -2.25. The van der Waals surface area contributed by atoms with Crippen molar-refractivity contribution in [2.45, 2.75) is 40.0 Å². The fourth-order valence-corrected chi connectivity index (χ4v) is 4.11. The molecule has 0 saturated heterocycles. The summed E-state index contributed by atoms with van der Waals surface area (Å²) in [6.45, 7) is 7.99. The number of amides is 1. The molecule has 8 nitrogen and oxygen atoms in total. The van der Waals surface area contributed by atoms with E-state index in [9.17, 15) is 4.79 Å². The van der Waals surface area contributed by atoms with Crippen molar-refractivity contribution < 1.29 is 4.79 Å². The highest BCUT2D eigenvalue weighted by Crippen LogP contribution is 2.41. The SMILES string of the molecule is Cc1ccc(C)c([C@H]2CC(=O)Nc3c2c(C)nn3-c2ccc3nnc(C)n3n2)c1. The van der Waals surface area contributed by atoms with Crippen molar-refractivity contribution >= 4 is 17.4 Å². The minimum atomic E-state index is -0.0345. The maximum Gasteiger partial charge on any atom is 0.226 e. The minimum absolute atomic E-state index is 0.0221. The fraction of sp³-hybridized carbons (Fsp3) is 0.286. The van der Waals surface area contributed by atoms with Crippen LogP contribution in [0.15, 0.2) is 30.3 Å². The van der Waals surface area contributed by atoms with Gasteiger partial charge in [0.15, 0.2) is 17.3 Å². The first-order valence-electron chi connectivity index (χ1n) is 9.58. The molecule has 146 valence electrons. The van der Waals surface area contributed by atoms with Gasteiger partial charge in [0.2, 0.25) is 5.91 Å². The molecule has 1 aliphatic heterocycles. The van der Waals surface area contributed by atoms with Crippen LogP contribution in [0.1, 0.15) is 46.1 Å². The molecule has 0 spiro atoms. The lowest BCUT2D eigenvalue weighted by atomic mass is 9.83. The van der Waals surface area contributed by atoms with Gasteiger partial charge in [-0.1, -0.05) is 23.8 Å². The second kappa shape index (κ2) is 6.23. The number of carbonyl (C=O) groups excluding carboxylic acids is 1. The first-order valence-corrected chi connectivity index (χ1v) is 9.58. The molecule has 1 amide bonds. The Labute approximate surface area is 167 Å². The third-order valence-electron chi connectivity index (χ3n) is 5.53. The quantitative estimate of drug-likeness (QED) is 0.571. The molecule has 0 saturated carbocycles. The van der Waals surface area contributed by atoms with Gasteiger partial charge in [-0.15, -0.1) is 15.3 Å². The summed E-state index contributed by atoms with van der Waals surface area (Å²) in [4.78, 5) is 12.6. The zero-order valence-corrected chi connectivity index (χ0v) is 16.8. The van der Waals surface area contributed by atoms with Crippen molar-refractivity contribution in [3.05, 3.63) is 64.1 Å². The highest BCUT2D eigenvalue weighted by Gasteiger charge is 2.33. The number of hydrogen-bond donors (Lipinski definition) is 1. The monoisotopic (exact) mass is 387 g/mol. The van der Waals surface area contributed by atoms with Gasteiger partial charge in [-0.3, -0.25) is 4.79 Å². The fourth-order valence-electron chi connectivity index (χ4n) is 4.11. The number of fused-ring (bicyclic) bond motifs is 2. The van der Waals surface area contributed by atoms with Gasteiger partial charge in [0.25, 0.3) is 0 Å². The molecule has 1 aliphatic rings. The van der Waals surface area contributed by atoms with Crippen molar-refractivity contribution in [1.82, 2.24) is 29.6 Å². The van der Waals surface area contributed by atoms with Gasteiger partial charge in [-0.05, 0) is 51.0 Å². The number of rotatable bonds is 2. The minimum Gasteiger partial charge on any atom is -0.310 e. The van der Waals surface area contributed by atoms with Gasteiger partial charge in [-0.25, -0.2) is 0 Å². The van der Waals surface area contributed by atoms with Crippen LogP contribution in [-0.2, 0) is 4.79 Å². The van der Waals surface area contributed by atoms with Crippen LogP contribution >= 0.6 is 0 Å². The number of hydrogen-bond acceptors (Lipinski definition) is 5. The second-order valence-corrected chi connectivity index (χ2v) is 7.63. The Morgan fingerprint density at radius 2 is 1.86 bits per heavy atom. The number of aryl methyl sites for hydroxylation is 4. The molecular weight excluding hydrogens is 366 g/mol. The van der Waals surface area contributed by atoms with Gasteiger partial charge in [0, 0.05) is 17.9 Å². The summed E-state index contributed by atoms with van der Waals surface area (Å²) in [6.07, 6.45) is 0.404. The predicted molar refractivity (Wildman–Crippen MR) is 108 cm³/mol. The van der Waals surface area contributed by atoms with E-state index in [1.807, 2.05) is 26.0 Å². The zero-order chi connectivity index (χ0) is 20.3. The van der Waals surface area contributed by atoms with E-state index >= 15 is 0 Å². The summed E-state index contributed by atoms with van der Waals surface area (Å²) in [5.74, 6) is 1.92. The number of aromatic nitrogens is 6. The van der Waals surface area contributed by atoms with Crippen LogP contribution in [0.3, 0.4) is 0 Å². The topological polar surface area (TPSA) is 90.0 Å². The van der Waals surface area contributed by atoms with E-state index in [0.717, 1.165) is 11.3 Å². The Morgan fingerprint density at radius 3 is 2.69 bits per heavy atom. The first-order chi connectivity index (χ1) is 13.9. The lowest BCUT2D eigenvalue weighted by Crippen LogP contribution is -2.25. The first kappa shape index (κ1) is 17.5. The Morgan fingerprint density at radius 1 is 1.03 bits per heavy atom. The Kier molecular flexibility index (Phi) is 3.77. The Bertz CT molecular complexity index is 1280. The predicted octanol–water partition coefficient (Wildman–Crippen LogP) is 3.02. The molecule has 1 atom stereocenters. The van der Waals surface area contributed by atoms with Gasteiger partial charge < -0.3 is 5.32 Å². The third kappa shape index (κ3) is 2.71. The largest absolute Gasteiger partial charge is 0.310 e. The van der Waals surface area contributed by atoms with E-state index in [4.69, 9.17) is 5.10 Å². The number of carbonyl (C=O) groups is 1. The van der Waals surface area contributed by atoms with Gasteiger partial charge in [0.1, 0.15) is 5.82 Å². The second-order valence-electron chi connectivity index (χ2n) is 7.63. The summed E-state index contributed by atoms with van der Waals surface area (Å²) in [7, 11) is 0. The molecule has 0 radical (unpaired) electrons. The molecule has 0 unspecified atom stereocenters. The average molecular weight is 387 g/mol. The van der Waals surface area contributed by atoms with E-state index < -0.39 is 0 Å². The molecule has 3 aromatic heterocycles. The molecule has 1 aromatic carbocycles. The normalized spacial score (nSPS) is 16.1. The van der Waals surface area contributed by atoms with Crippen molar-refractivity contribution in [2.75, 3.05) is 5.32 Å². The molecule has 0 aliphatic carbocycles. The summed E-state index contributed by atoms with van der Waals surface area (Å²) >= 11 is 0. The highest BCUT2D eigenvalue weighted by molar-refractivity contribution is 5.95. The zero-order valence-electron chi connectivity index (χ0n) is 16.8. The molecule has 0 bridgehead atoms. The van der Waals surface area contributed by atoms with Crippen molar-refractivity contribution in [2.24, 2.45) is 0 Å². The van der Waals surface area contributed by atoms with Gasteiger partial charge >= 0.3 is 0 Å². The van der Waals surface area contributed by atoms with E-state index in [1.165, 1.54) is 16.7 Å². The summed E-state index contributed by atoms with van der Waals surface area (Å²) in [5.41, 5.74) is 6.11. The van der Waals surface area contributed by atoms with Crippen LogP contribution < -0.4 is 5.32 Å². The van der Waals surface area contributed by atoms with Gasteiger partial charge in [0.05, 0.1) is 5.69 Å². The van der Waals surface area contributed by atoms with E-state index in [2.05, 4.69) is 52.7 Å². The van der Waals surface area contributed by atoms with Crippen LogP contribution in [0.4, 0.5) is 5.82 Å². The number of benzene rings is 1. The molecule has 8 heteroatoms. The molecule has 5 rings (SSSR count). The molecular formula is C21H21N7O. The van der Waals surface area contributed by atoms with Crippen molar-refractivity contribution in [3.63, 3.8) is 0 Å². The molecule has 4 aromatic rings. The smallest absolute Gasteiger partial charge is 0.226 e. The van der Waals surface area contributed by atoms with E-state index in [1.54, 1.807) is 9.20 Å². The summed E-state index contributed by atoms with van der Waals surface area (Å²) in [6, 6.07) is 10.1.